The number of rotatable bonds is 4. The summed E-state index contributed by atoms with van der Waals surface area (Å²) in [7, 11) is 0. The summed E-state index contributed by atoms with van der Waals surface area (Å²) in [5, 5.41) is 1.06. The summed E-state index contributed by atoms with van der Waals surface area (Å²) in [6.45, 7) is 5.79. The van der Waals surface area contributed by atoms with Gasteiger partial charge in [-0.2, -0.15) is 0 Å². The topological polar surface area (TPSA) is 23.6 Å². The molecule has 1 aromatic rings. The average molecular weight is 355 g/mol. The molecule has 2 aliphatic rings. The van der Waals surface area contributed by atoms with Crippen molar-refractivity contribution < 1.29 is 4.79 Å². The molecule has 0 saturated carbocycles. The minimum atomic E-state index is -0.560. The van der Waals surface area contributed by atoms with Gasteiger partial charge in [0.15, 0.2) is 5.78 Å². The number of Topliss-reactive ketones (excluding diaryl/α,β-unsaturated/α-hetero) is 1. The lowest BCUT2D eigenvalue weighted by Crippen LogP contribution is -2.56. The van der Waals surface area contributed by atoms with Crippen molar-refractivity contribution in [3.8, 4) is 0 Å². The van der Waals surface area contributed by atoms with Gasteiger partial charge in [-0.3, -0.25) is 14.6 Å². The monoisotopic (exact) mass is 354 g/mol. The zero-order valence-electron chi connectivity index (χ0n) is 13.7. The van der Waals surface area contributed by atoms with E-state index in [1.807, 2.05) is 18.2 Å². The number of hydrogen-bond donors (Lipinski definition) is 0. The molecule has 2 fully saturated rings. The van der Waals surface area contributed by atoms with Gasteiger partial charge in [-0.25, -0.2) is 0 Å². The quantitative estimate of drug-likeness (QED) is 0.804. The molecule has 0 bridgehead atoms. The van der Waals surface area contributed by atoms with E-state index in [-0.39, 0.29) is 5.78 Å². The van der Waals surface area contributed by atoms with Crippen molar-refractivity contribution >= 4 is 29.0 Å². The molecular weight excluding hydrogens is 331 g/mol. The maximum atomic E-state index is 12.8. The summed E-state index contributed by atoms with van der Waals surface area (Å²) in [6.07, 6.45) is 5.58. The van der Waals surface area contributed by atoms with Crippen LogP contribution in [0.2, 0.25) is 10.0 Å². The molecule has 0 aromatic heterocycles. The SMILES string of the molecule is CC(=O)C1(c2ccc(Cl)c(Cl)c2)CCCCN1CN1CCCC1. The minimum Gasteiger partial charge on any atom is -0.298 e. The normalized spacial score (nSPS) is 26.6. The summed E-state index contributed by atoms with van der Waals surface area (Å²) in [4.78, 5) is 17.6. The molecule has 2 aliphatic heterocycles. The van der Waals surface area contributed by atoms with E-state index >= 15 is 0 Å². The number of carbonyl (C=O) groups is 1. The van der Waals surface area contributed by atoms with Gasteiger partial charge in [0.05, 0.1) is 16.7 Å². The maximum absolute atomic E-state index is 12.8. The van der Waals surface area contributed by atoms with E-state index < -0.39 is 5.54 Å². The second kappa shape index (κ2) is 7.10. The second-order valence-corrected chi connectivity index (χ2v) is 7.55. The highest BCUT2D eigenvalue weighted by atomic mass is 35.5. The number of halogens is 2. The Morgan fingerprint density at radius 1 is 1.09 bits per heavy atom. The summed E-state index contributed by atoms with van der Waals surface area (Å²) >= 11 is 12.3. The third-order valence-corrected chi connectivity index (χ3v) is 6.04. The molecule has 2 saturated heterocycles. The van der Waals surface area contributed by atoms with Crippen molar-refractivity contribution in [1.29, 1.82) is 0 Å². The molecule has 0 radical (unpaired) electrons. The van der Waals surface area contributed by atoms with Crippen LogP contribution < -0.4 is 0 Å². The van der Waals surface area contributed by atoms with Crippen molar-refractivity contribution in [2.24, 2.45) is 0 Å². The van der Waals surface area contributed by atoms with Gasteiger partial charge in [-0.15, -0.1) is 0 Å². The molecule has 0 aliphatic carbocycles. The molecule has 2 heterocycles. The molecular formula is C18H24Cl2N2O. The smallest absolute Gasteiger partial charge is 0.154 e. The summed E-state index contributed by atoms with van der Waals surface area (Å²) in [5.74, 6) is 0.204. The zero-order chi connectivity index (χ0) is 16.4. The van der Waals surface area contributed by atoms with Crippen LogP contribution in [0.3, 0.4) is 0 Å². The molecule has 1 unspecified atom stereocenters. The Balaban J connectivity index is 1.97. The fraction of sp³-hybridized carbons (Fsp3) is 0.611. The molecule has 126 valence electrons. The van der Waals surface area contributed by atoms with Gasteiger partial charge >= 0.3 is 0 Å². The van der Waals surface area contributed by atoms with E-state index in [0.29, 0.717) is 10.0 Å². The van der Waals surface area contributed by atoms with Gasteiger partial charge in [0, 0.05) is 6.54 Å². The number of ketones is 1. The largest absolute Gasteiger partial charge is 0.298 e. The van der Waals surface area contributed by atoms with E-state index in [4.69, 9.17) is 23.2 Å². The lowest BCUT2D eigenvalue weighted by atomic mass is 9.77. The zero-order valence-corrected chi connectivity index (χ0v) is 15.2. The van der Waals surface area contributed by atoms with Crippen molar-refractivity contribution in [2.75, 3.05) is 26.3 Å². The number of benzene rings is 1. The van der Waals surface area contributed by atoms with E-state index in [1.54, 1.807) is 6.92 Å². The lowest BCUT2D eigenvalue weighted by Gasteiger charge is -2.47. The summed E-state index contributed by atoms with van der Waals surface area (Å²) < 4.78 is 0. The van der Waals surface area contributed by atoms with Crippen molar-refractivity contribution in [1.82, 2.24) is 9.80 Å². The first-order valence-corrected chi connectivity index (χ1v) is 9.23. The maximum Gasteiger partial charge on any atom is 0.154 e. The van der Waals surface area contributed by atoms with Gasteiger partial charge in [-0.05, 0) is 69.8 Å². The van der Waals surface area contributed by atoms with E-state index in [9.17, 15) is 4.79 Å². The van der Waals surface area contributed by atoms with Crippen LogP contribution >= 0.6 is 23.2 Å². The summed E-state index contributed by atoms with van der Waals surface area (Å²) in [5.41, 5.74) is 0.424. The number of carbonyl (C=O) groups excluding carboxylic acids is 1. The van der Waals surface area contributed by atoms with Gasteiger partial charge in [-0.1, -0.05) is 29.3 Å². The van der Waals surface area contributed by atoms with Crippen LogP contribution in [0, 0.1) is 0 Å². The lowest BCUT2D eigenvalue weighted by molar-refractivity contribution is -0.134. The van der Waals surface area contributed by atoms with Crippen LogP contribution in [0.5, 0.6) is 0 Å². The Hall–Kier alpha value is -0.610. The van der Waals surface area contributed by atoms with Crippen molar-refractivity contribution in [3.05, 3.63) is 33.8 Å². The first-order valence-electron chi connectivity index (χ1n) is 8.48. The standard InChI is InChI=1S/C18H24Cl2N2O/c1-14(23)18(15-6-7-16(19)17(20)12-15)8-2-3-11-22(18)13-21-9-4-5-10-21/h6-7,12H,2-5,8-11,13H2,1H3. The molecule has 23 heavy (non-hydrogen) atoms. The Morgan fingerprint density at radius 3 is 2.43 bits per heavy atom. The van der Waals surface area contributed by atoms with Crippen LogP contribution in [0.1, 0.15) is 44.6 Å². The third kappa shape index (κ3) is 3.30. The Bertz CT molecular complexity index is 586. The number of likely N-dealkylation sites (tertiary alicyclic amines) is 2. The Morgan fingerprint density at radius 2 is 1.78 bits per heavy atom. The molecule has 3 rings (SSSR count). The number of nitrogens with zero attached hydrogens (tertiary/aromatic N) is 2. The fourth-order valence-electron chi connectivity index (χ4n) is 4.07. The molecule has 0 spiro atoms. The van der Waals surface area contributed by atoms with Crippen molar-refractivity contribution in [2.45, 2.75) is 44.6 Å². The van der Waals surface area contributed by atoms with Crippen LogP contribution in [0.4, 0.5) is 0 Å². The molecule has 0 amide bonds. The van der Waals surface area contributed by atoms with E-state index in [2.05, 4.69) is 9.80 Å². The fourth-order valence-corrected chi connectivity index (χ4v) is 4.37. The number of piperidine rings is 1. The predicted molar refractivity (Wildman–Crippen MR) is 95.1 cm³/mol. The highest BCUT2D eigenvalue weighted by molar-refractivity contribution is 6.42. The Kier molecular flexibility index (Phi) is 5.32. The minimum absolute atomic E-state index is 0.204. The van der Waals surface area contributed by atoms with Gasteiger partial charge in [0.25, 0.3) is 0 Å². The van der Waals surface area contributed by atoms with Gasteiger partial charge < -0.3 is 0 Å². The average Bonchev–Trinajstić information content (AvgIpc) is 3.03. The van der Waals surface area contributed by atoms with Crippen molar-refractivity contribution in [3.63, 3.8) is 0 Å². The van der Waals surface area contributed by atoms with Crippen LogP contribution in [0.15, 0.2) is 18.2 Å². The first-order chi connectivity index (χ1) is 11.0. The second-order valence-electron chi connectivity index (χ2n) is 6.73. The van der Waals surface area contributed by atoms with Crippen LogP contribution in [-0.4, -0.2) is 41.9 Å². The molecule has 5 heteroatoms. The first kappa shape index (κ1) is 17.2. The Labute approximate surface area is 148 Å². The molecule has 0 N–H and O–H groups in total. The summed E-state index contributed by atoms with van der Waals surface area (Å²) in [6, 6.07) is 5.66. The van der Waals surface area contributed by atoms with Gasteiger partial charge in [0.2, 0.25) is 0 Å². The van der Waals surface area contributed by atoms with Crippen LogP contribution in [0.25, 0.3) is 0 Å². The van der Waals surface area contributed by atoms with Gasteiger partial charge in [0.1, 0.15) is 5.54 Å². The predicted octanol–water partition coefficient (Wildman–Crippen LogP) is 4.32. The van der Waals surface area contributed by atoms with E-state index in [0.717, 1.165) is 51.1 Å². The molecule has 1 aromatic carbocycles. The van der Waals surface area contributed by atoms with E-state index in [1.165, 1.54) is 12.8 Å². The highest BCUT2D eigenvalue weighted by Crippen LogP contribution is 2.40. The third-order valence-electron chi connectivity index (χ3n) is 5.31. The molecule has 1 atom stereocenters. The number of hydrogen-bond acceptors (Lipinski definition) is 3. The highest BCUT2D eigenvalue weighted by Gasteiger charge is 2.45. The molecule has 3 nitrogen and oxygen atoms in total. The van der Waals surface area contributed by atoms with Crippen LogP contribution in [-0.2, 0) is 10.3 Å².